The van der Waals surface area contributed by atoms with Crippen molar-refractivity contribution in [1.82, 2.24) is 15.5 Å². The van der Waals surface area contributed by atoms with Crippen LogP contribution in [-0.2, 0) is 0 Å². The molecule has 3 aromatic rings. The van der Waals surface area contributed by atoms with Crippen LogP contribution in [0.3, 0.4) is 0 Å². The number of aromatic nitrogens is 2. The van der Waals surface area contributed by atoms with Gasteiger partial charge in [-0.3, -0.25) is 14.7 Å². The number of Topliss-reactive ketones (excluding diaryl/α,β-unsaturated/α-hetero) is 2. The molecule has 1 fully saturated rings. The van der Waals surface area contributed by atoms with Crippen molar-refractivity contribution in [3.63, 3.8) is 0 Å². The van der Waals surface area contributed by atoms with Crippen LogP contribution in [0.15, 0.2) is 42.5 Å². The number of ether oxygens (including phenoxy) is 1. The van der Waals surface area contributed by atoms with E-state index in [1.165, 1.54) is 0 Å². The molecular formula is C22H21N3O3. The summed E-state index contributed by atoms with van der Waals surface area (Å²) >= 11 is 0. The number of nitrogens with zero attached hydrogens (tertiary/aromatic N) is 1. The van der Waals surface area contributed by atoms with Crippen LogP contribution < -0.4 is 10.1 Å². The average Bonchev–Trinajstić information content (AvgIpc) is 3.09. The molecule has 1 spiro atoms. The Morgan fingerprint density at radius 1 is 1.18 bits per heavy atom. The molecule has 142 valence electrons. The first-order valence-corrected chi connectivity index (χ1v) is 9.61. The van der Waals surface area contributed by atoms with Crippen LogP contribution >= 0.6 is 0 Å². The maximum absolute atomic E-state index is 13.6. The molecule has 0 bridgehead atoms. The van der Waals surface area contributed by atoms with E-state index in [-0.39, 0.29) is 11.6 Å². The summed E-state index contributed by atoms with van der Waals surface area (Å²) in [6, 6.07) is 12.7. The Morgan fingerprint density at radius 3 is 2.79 bits per heavy atom. The lowest BCUT2D eigenvalue weighted by Gasteiger charge is -2.45. The topological polar surface area (TPSA) is 84.1 Å². The zero-order valence-corrected chi connectivity index (χ0v) is 15.6. The number of carbonyl (C=O) groups excluding carboxylic acids is 2. The fourth-order valence-electron chi connectivity index (χ4n) is 4.50. The molecule has 6 nitrogen and oxygen atoms in total. The smallest absolute Gasteiger partial charge is 0.181 e. The Labute approximate surface area is 162 Å². The van der Waals surface area contributed by atoms with Crippen LogP contribution in [0.5, 0.6) is 5.75 Å². The molecular weight excluding hydrogens is 354 g/mol. The van der Waals surface area contributed by atoms with Gasteiger partial charge in [0.25, 0.3) is 0 Å². The summed E-state index contributed by atoms with van der Waals surface area (Å²) in [6.45, 7) is 3.38. The number of piperidine rings is 1. The number of aryl methyl sites for hydroxylation is 1. The molecule has 3 heterocycles. The lowest BCUT2D eigenvalue weighted by Crippen LogP contribution is -2.58. The summed E-state index contributed by atoms with van der Waals surface area (Å²) in [6.07, 6.45) is 1.24. The number of aromatic amines is 1. The number of benzene rings is 2. The van der Waals surface area contributed by atoms with E-state index in [1.54, 1.807) is 24.3 Å². The maximum atomic E-state index is 13.6. The molecule has 1 unspecified atom stereocenters. The van der Waals surface area contributed by atoms with Crippen molar-refractivity contribution >= 4 is 22.5 Å². The number of ketones is 2. The Kier molecular flexibility index (Phi) is 3.84. The van der Waals surface area contributed by atoms with Gasteiger partial charge in [0.05, 0.1) is 11.1 Å². The molecule has 1 aromatic heterocycles. The van der Waals surface area contributed by atoms with E-state index in [9.17, 15) is 9.59 Å². The number of nitrogens with one attached hydrogen (secondary N) is 2. The minimum Gasteiger partial charge on any atom is -0.485 e. The highest BCUT2D eigenvalue weighted by atomic mass is 16.5. The van der Waals surface area contributed by atoms with Gasteiger partial charge in [0.2, 0.25) is 0 Å². The van der Waals surface area contributed by atoms with Crippen LogP contribution in [0.2, 0.25) is 0 Å². The Morgan fingerprint density at radius 2 is 1.96 bits per heavy atom. The van der Waals surface area contributed by atoms with Gasteiger partial charge < -0.3 is 10.1 Å². The first-order valence-electron chi connectivity index (χ1n) is 9.61. The van der Waals surface area contributed by atoms with E-state index < -0.39 is 11.5 Å². The summed E-state index contributed by atoms with van der Waals surface area (Å²) in [5.41, 5.74) is 1.87. The minimum atomic E-state index is -0.845. The molecule has 0 amide bonds. The third kappa shape index (κ3) is 2.48. The normalized spacial score (nSPS) is 20.8. The van der Waals surface area contributed by atoms with Crippen molar-refractivity contribution in [2.75, 3.05) is 13.1 Å². The number of hydrogen-bond acceptors (Lipinski definition) is 5. The highest BCUT2D eigenvalue weighted by Crippen LogP contribution is 2.43. The molecule has 0 radical (unpaired) electrons. The van der Waals surface area contributed by atoms with Crippen LogP contribution in [0.1, 0.15) is 39.3 Å². The van der Waals surface area contributed by atoms with E-state index >= 15 is 0 Å². The number of hydrogen-bond donors (Lipinski definition) is 2. The van der Waals surface area contributed by atoms with Crippen molar-refractivity contribution < 1.29 is 14.3 Å². The van der Waals surface area contributed by atoms with Crippen molar-refractivity contribution in [3.05, 3.63) is 59.3 Å². The van der Waals surface area contributed by atoms with Crippen LogP contribution in [0.4, 0.5) is 0 Å². The summed E-state index contributed by atoms with van der Waals surface area (Å²) in [5, 5.41) is 11.5. The zero-order chi connectivity index (χ0) is 19.3. The van der Waals surface area contributed by atoms with E-state index in [0.29, 0.717) is 29.7 Å². The molecule has 5 rings (SSSR count). The molecule has 2 aliphatic heterocycles. The molecule has 1 saturated heterocycles. The molecule has 1 atom stereocenters. The summed E-state index contributed by atoms with van der Waals surface area (Å²) < 4.78 is 6.37. The monoisotopic (exact) mass is 375 g/mol. The van der Waals surface area contributed by atoms with Crippen LogP contribution in [-0.4, -0.2) is 40.5 Å². The fourth-order valence-corrected chi connectivity index (χ4v) is 4.50. The van der Waals surface area contributed by atoms with Crippen molar-refractivity contribution in [2.45, 2.75) is 25.4 Å². The number of H-pyrrole nitrogens is 1. The quantitative estimate of drug-likeness (QED) is 0.531. The predicted octanol–water partition coefficient (Wildman–Crippen LogP) is 3.07. The van der Waals surface area contributed by atoms with Gasteiger partial charge >= 0.3 is 0 Å². The number of fused-ring (bicyclic) bond motifs is 2. The molecule has 2 N–H and O–H groups in total. The fraction of sp³-hybridized carbons (Fsp3) is 0.318. The minimum absolute atomic E-state index is 0.146. The summed E-state index contributed by atoms with van der Waals surface area (Å²) in [5.74, 6) is -0.602. The second-order valence-corrected chi connectivity index (χ2v) is 7.66. The number of carbonyl (C=O) groups is 2. The molecule has 6 heteroatoms. The van der Waals surface area contributed by atoms with Crippen LogP contribution in [0.25, 0.3) is 10.9 Å². The molecule has 28 heavy (non-hydrogen) atoms. The standard InChI is InChI=1S/C22H21N3O3/c1-13-15-7-6-14(12-17(15)25-24-13)20(26)19-21(27)16-4-2-3-5-18(16)28-22(19)8-10-23-11-9-22/h2-7,12,19,23H,8-11H2,1H3,(H,24,25). The van der Waals surface area contributed by atoms with Crippen LogP contribution in [0, 0.1) is 12.8 Å². The Bertz CT molecular complexity index is 1100. The van der Waals surface area contributed by atoms with Gasteiger partial charge in [-0.15, -0.1) is 0 Å². The maximum Gasteiger partial charge on any atom is 0.181 e. The van der Waals surface area contributed by atoms with E-state index in [4.69, 9.17) is 4.74 Å². The summed E-state index contributed by atoms with van der Waals surface area (Å²) in [4.78, 5) is 27.0. The zero-order valence-electron chi connectivity index (χ0n) is 15.6. The average molecular weight is 375 g/mol. The van der Waals surface area contributed by atoms with Gasteiger partial charge in [0.15, 0.2) is 11.6 Å². The van der Waals surface area contributed by atoms with Gasteiger partial charge in [0, 0.05) is 29.5 Å². The SMILES string of the molecule is Cc1[nH]nc2cc(C(=O)C3C(=O)c4ccccc4OC34CCNCC4)ccc12. The lowest BCUT2D eigenvalue weighted by molar-refractivity contribution is -0.0138. The highest BCUT2D eigenvalue weighted by Gasteiger charge is 2.53. The second-order valence-electron chi connectivity index (χ2n) is 7.66. The van der Waals surface area contributed by atoms with Gasteiger partial charge in [-0.2, -0.15) is 5.10 Å². The molecule has 0 saturated carbocycles. The van der Waals surface area contributed by atoms with Gasteiger partial charge in [-0.05, 0) is 38.2 Å². The van der Waals surface area contributed by atoms with Gasteiger partial charge in [-0.1, -0.05) is 24.3 Å². The first-order chi connectivity index (χ1) is 13.6. The Hall–Kier alpha value is -2.99. The molecule has 0 aliphatic carbocycles. The first kappa shape index (κ1) is 17.1. The number of rotatable bonds is 2. The molecule has 2 aliphatic rings. The number of para-hydroxylation sites is 1. The van der Waals surface area contributed by atoms with Crippen molar-refractivity contribution in [2.24, 2.45) is 5.92 Å². The third-order valence-corrected chi connectivity index (χ3v) is 6.00. The predicted molar refractivity (Wildman–Crippen MR) is 105 cm³/mol. The summed E-state index contributed by atoms with van der Waals surface area (Å²) in [7, 11) is 0. The molecule has 2 aromatic carbocycles. The van der Waals surface area contributed by atoms with Gasteiger partial charge in [-0.25, -0.2) is 0 Å². The van der Waals surface area contributed by atoms with E-state index in [2.05, 4.69) is 15.5 Å². The third-order valence-electron chi connectivity index (χ3n) is 6.00. The van der Waals surface area contributed by atoms with Gasteiger partial charge in [0.1, 0.15) is 17.3 Å². The lowest BCUT2D eigenvalue weighted by atomic mass is 9.70. The second kappa shape index (κ2) is 6.27. The van der Waals surface area contributed by atoms with Crippen molar-refractivity contribution in [3.8, 4) is 5.75 Å². The van der Waals surface area contributed by atoms with E-state index in [0.717, 1.165) is 29.7 Å². The largest absolute Gasteiger partial charge is 0.485 e. The van der Waals surface area contributed by atoms with Crippen molar-refractivity contribution in [1.29, 1.82) is 0 Å². The Balaban J connectivity index is 1.61. The van der Waals surface area contributed by atoms with E-state index in [1.807, 2.05) is 25.1 Å². The highest BCUT2D eigenvalue weighted by molar-refractivity contribution is 6.19.